The highest BCUT2D eigenvalue weighted by Gasteiger charge is 2.08. The topological polar surface area (TPSA) is 77.2 Å². The maximum absolute atomic E-state index is 10.6. The van der Waals surface area contributed by atoms with Crippen LogP contribution in [-0.2, 0) is 0 Å². The molecular weight excluding hydrogens is 206 g/mol. The molecule has 16 heavy (non-hydrogen) atoms. The van der Waals surface area contributed by atoms with Gasteiger partial charge in [-0.25, -0.2) is 9.78 Å². The molecule has 0 fully saturated rings. The van der Waals surface area contributed by atoms with Gasteiger partial charge in [-0.15, -0.1) is 0 Å². The molecule has 0 radical (unpaired) electrons. The maximum atomic E-state index is 10.6. The van der Waals surface area contributed by atoms with E-state index < -0.39 is 5.97 Å². The molecule has 0 bridgehead atoms. The molecule has 0 aliphatic heterocycles. The van der Waals surface area contributed by atoms with E-state index >= 15 is 0 Å². The van der Waals surface area contributed by atoms with Gasteiger partial charge in [0.25, 0.3) is 0 Å². The van der Waals surface area contributed by atoms with Crippen molar-refractivity contribution >= 4 is 11.8 Å². The molecule has 0 aliphatic carbocycles. The third-order valence-corrected chi connectivity index (χ3v) is 2.15. The Balaban J connectivity index is 2.74. The molecule has 0 amide bonds. The lowest BCUT2D eigenvalue weighted by Gasteiger charge is -2.18. The summed E-state index contributed by atoms with van der Waals surface area (Å²) in [6.45, 7) is 2.39. The zero-order chi connectivity index (χ0) is 12.1. The van der Waals surface area contributed by atoms with Gasteiger partial charge in [0.15, 0.2) is 0 Å². The zero-order valence-electron chi connectivity index (χ0n) is 9.21. The van der Waals surface area contributed by atoms with Crippen LogP contribution in [-0.4, -0.2) is 29.7 Å². The number of hydrogen-bond acceptors (Lipinski definition) is 4. The van der Waals surface area contributed by atoms with Crippen molar-refractivity contribution < 1.29 is 9.90 Å². The summed E-state index contributed by atoms with van der Waals surface area (Å²) in [4.78, 5) is 16.5. The summed E-state index contributed by atoms with van der Waals surface area (Å²) in [5.74, 6) is -0.426. The number of pyridine rings is 1. The first-order valence-electron chi connectivity index (χ1n) is 4.84. The highest BCUT2D eigenvalue weighted by Crippen LogP contribution is 2.11. The first kappa shape index (κ1) is 12.0. The van der Waals surface area contributed by atoms with E-state index in [1.807, 2.05) is 18.9 Å². The summed E-state index contributed by atoms with van der Waals surface area (Å²) in [7, 11) is 1.82. The van der Waals surface area contributed by atoms with Gasteiger partial charge in [-0.3, -0.25) is 0 Å². The van der Waals surface area contributed by atoms with Crippen molar-refractivity contribution in [1.29, 1.82) is 5.26 Å². The van der Waals surface area contributed by atoms with Gasteiger partial charge in [-0.1, -0.05) is 0 Å². The van der Waals surface area contributed by atoms with E-state index in [1.165, 1.54) is 12.3 Å². The van der Waals surface area contributed by atoms with Crippen LogP contribution in [0.15, 0.2) is 18.3 Å². The Kier molecular flexibility index (Phi) is 3.84. The maximum Gasteiger partial charge on any atom is 0.337 e. The first-order chi connectivity index (χ1) is 7.54. The molecular formula is C11H13N3O2. The second kappa shape index (κ2) is 5.12. The van der Waals surface area contributed by atoms with Crippen molar-refractivity contribution in [2.75, 3.05) is 18.5 Å². The summed E-state index contributed by atoms with van der Waals surface area (Å²) in [5, 5.41) is 17.4. The molecule has 84 valence electrons. The van der Waals surface area contributed by atoms with Gasteiger partial charge in [0.1, 0.15) is 5.82 Å². The average Bonchev–Trinajstić information content (AvgIpc) is 2.28. The van der Waals surface area contributed by atoms with Crippen LogP contribution in [0.4, 0.5) is 5.82 Å². The summed E-state index contributed by atoms with van der Waals surface area (Å²) in [6.07, 6.45) is 1.31. The number of carboxylic acid groups (broad SMARTS) is 1. The molecule has 1 N–H and O–H groups in total. The largest absolute Gasteiger partial charge is 0.478 e. The van der Waals surface area contributed by atoms with Crippen LogP contribution >= 0.6 is 0 Å². The van der Waals surface area contributed by atoms with Gasteiger partial charge < -0.3 is 10.0 Å². The Morgan fingerprint density at radius 2 is 2.38 bits per heavy atom. The third-order valence-electron chi connectivity index (χ3n) is 2.15. The minimum absolute atomic E-state index is 0.0917. The molecule has 0 aliphatic rings. The van der Waals surface area contributed by atoms with E-state index in [1.54, 1.807) is 6.07 Å². The molecule has 1 unspecified atom stereocenters. The number of hydrogen-bond donors (Lipinski definition) is 1. The number of nitriles is 1. The number of rotatable bonds is 4. The number of aromatic nitrogens is 1. The molecule has 5 heteroatoms. The molecule has 1 aromatic heterocycles. The van der Waals surface area contributed by atoms with Gasteiger partial charge in [0.05, 0.1) is 17.6 Å². The molecule has 1 aromatic rings. The minimum atomic E-state index is -0.993. The molecule has 1 heterocycles. The fourth-order valence-corrected chi connectivity index (χ4v) is 1.28. The molecule has 5 nitrogen and oxygen atoms in total. The van der Waals surface area contributed by atoms with Crippen LogP contribution in [0.2, 0.25) is 0 Å². The van der Waals surface area contributed by atoms with E-state index in [-0.39, 0.29) is 11.5 Å². The lowest BCUT2D eigenvalue weighted by Crippen LogP contribution is -2.24. The molecule has 0 spiro atoms. The Hall–Kier alpha value is -2.09. The number of carbonyl (C=O) groups is 1. The second-order valence-electron chi connectivity index (χ2n) is 3.62. The normalized spacial score (nSPS) is 11.6. The third kappa shape index (κ3) is 2.95. The van der Waals surface area contributed by atoms with Crippen LogP contribution in [0.1, 0.15) is 17.3 Å². The van der Waals surface area contributed by atoms with Crippen LogP contribution in [0, 0.1) is 17.2 Å². The van der Waals surface area contributed by atoms with E-state index in [0.717, 1.165) is 0 Å². The number of nitrogens with zero attached hydrogens (tertiary/aromatic N) is 3. The number of carboxylic acids is 1. The van der Waals surface area contributed by atoms with Gasteiger partial charge in [0, 0.05) is 19.8 Å². The van der Waals surface area contributed by atoms with Crippen molar-refractivity contribution in [3.63, 3.8) is 0 Å². The Morgan fingerprint density at radius 3 is 2.81 bits per heavy atom. The number of anilines is 1. The fraction of sp³-hybridized carbons (Fsp3) is 0.364. The standard InChI is InChI=1S/C11H13N3O2/c1-8(5-12)7-14(2)10-4-3-9(6-13-10)11(15)16/h3-4,6,8H,7H2,1-2H3,(H,15,16). The van der Waals surface area contributed by atoms with Gasteiger partial charge in [-0.2, -0.15) is 5.26 Å². The van der Waals surface area contributed by atoms with Crippen molar-refractivity contribution in [3.05, 3.63) is 23.9 Å². The molecule has 0 saturated carbocycles. The SMILES string of the molecule is CC(C#N)CN(C)c1ccc(C(=O)O)cn1. The molecule has 0 aromatic carbocycles. The van der Waals surface area contributed by atoms with Gasteiger partial charge in [0.2, 0.25) is 0 Å². The van der Waals surface area contributed by atoms with Crippen molar-refractivity contribution in [2.45, 2.75) is 6.92 Å². The van der Waals surface area contributed by atoms with E-state index in [0.29, 0.717) is 12.4 Å². The zero-order valence-corrected chi connectivity index (χ0v) is 9.21. The average molecular weight is 219 g/mol. The van der Waals surface area contributed by atoms with E-state index in [4.69, 9.17) is 10.4 Å². The van der Waals surface area contributed by atoms with Crippen molar-refractivity contribution in [3.8, 4) is 6.07 Å². The van der Waals surface area contributed by atoms with Gasteiger partial charge >= 0.3 is 5.97 Å². The minimum Gasteiger partial charge on any atom is -0.478 e. The second-order valence-corrected chi connectivity index (χ2v) is 3.62. The highest BCUT2D eigenvalue weighted by atomic mass is 16.4. The summed E-state index contributed by atoms with van der Waals surface area (Å²) in [6, 6.07) is 5.26. The van der Waals surface area contributed by atoms with Gasteiger partial charge in [-0.05, 0) is 19.1 Å². The summed E-state index contributed by atoms with van der Waals surface area (Å²) in [5.41, 5.74) is 0.158. The quantitative estimate of drug-likeness (QED) is 0.827. The fourth-order valence-electron chi connectivity index (χ4n) is 1.28. The Bertz CT molecular complexity index is 408. The van der Waals surface area contributed by atoms with E-state index in [2.05, 4.69) is 11.1 Å². The smallest absolute Gasteiger partial charge is 0.337 e. The van der Waals surface area contributed by atoms with Crippen LogP contribution in [0.25, 0.3) is 0 Å². The number of aromatic carboxylic acids is 1. The Morgan fingerprint density at radius 1 is 1.69 bits per heavy atom. The van der Waals surface area contributed by atoms with Crippen molar-refractivity contribution in [1.82, 2.24) is 4.98 Å². The predicted molar refractivity (Wildman–Crippen MR) is 59.2 cm³/mol. The lowest BCUT2D eigenvalue weighted by molar-refractivity contribution is 0.0696. The lowest BCUT2D eigenvalue weighted by atomic mass is 10.2. The molecule has 0 saturated heterocycles. The van der Waals surface area contributed by atoms with Crippen LogP contribution < -0.4 is 4.90 Å². The Labute approximate surface area is 93.9 Å². The van der Waals surface area contributed by atoms with E-state index in [9.17, 15) is 4.79 Å². The summed E-state index contributed by atoms with van der Waals surface area (Å²) >= 11 is 0. The first-order valence-corrected chi connectivity index (χ1v) is 4.84. The molecule has 1 atom stereocenters. The predicted octanol–water partition coefficient (Wildman–Crippen LogP) is 1.38. The highest BCUT2D eigenvalue weighted by molar-refractivity contribution is 5.87. The van der Waals surface area contributed by atoms with Crippen LogP contribution in [0.3, 0.4) is 0 Å². The summed E-state index contributed by atoms with van der Waals surface area (Å²) < 4.78 is 0. The van der Waals surface area contributed by atoms with Crippen LogP contribution in [0.5, 0.6) is 0 Å². The monoisotopic (exact) mass is 219 g/mol. The molecule has 1 rings (SSSR count). The van der Waals surface area contributed by atoms with Crippen molar-refractivity contribution in [2.24, 2.45) is 5.92 Å².